The first-order chi connectivity index (χ1) is 71.5. The number of piperidine rings is 2. The van der Waals surface area contributed by atoms with Crippen molar-refractivity contribution in [2.24, 2.45) is 0 Å². The number of benzene rings is 8. The number of anilines is 6. The molecule has 2 atom stereocenters. The van der Waals surface area contributed by atoms with Crippen LogP contribution in [0.4, 0.5) is 42.1 Å². The van der Waals surface area contributed by atoms with E-state index >= 15 is 8.78 Å². The van der Waals surface area contributed by atoms with Gasteiger partial charge in [0.25, 0.3) is 35.4 Å². The van der Waals surface area contributed by atoms with Crippen molar-refractivity contribution >= 4 is 147 Å². The van der Waals surface area contributed by atoms with E-state index in [1.165, 1.54) is 34.8 Å². The molecule has 12 aromatic rings. The molecule has 8 aliphatic rings. The van der Waals surface area contributed by atoms with Crippen molar-refractivity contribution in [2.45, 2.75) is 168 Å². The highest BCUT2D eigenvalue weighted by Gasteiger charge is 2.48. The number of fused-ring (bicyclic) bond motifs is 6. The van der Waals surface area contributed by atoms with Crippen LogP contribution in [-0.2, 0) is 49.8 Å². The van der Waals surface area contributed by atoms with Gasteiger partial charge in [0.05, 0.1) is 67.3 Å². The zero-order valence-electron chi connectivity index (χ0n) is 83.0. The van der Waals surface area contributed by atoms with Crippen molar-refractivity contribution in [3.05, 3.63) is 260 Å². The Balaban J connectivity index is 0.000000186. The topological polar surface area (TPSA) is 378 Å². The third kappa shape index (κ3) is 22.1. The Bertz CT molecular complexity index is 7210. The average Bonchev–Trinajstić information content (AvgIpc) is 1.53. The lowest BCUT2D eigenvalue weighted by Crippen LogP contribution is -2.54. The molecule has 0 bridgehead atoms. The number of unbranched alkanes of at least 4 members (excludes halogenated alkanes) is 8. The number of hydrogen-bond acceptors (Lipinski definition) is 27. The fraction of sp³-hybridized carbons (Fsp3) is 0.357. The van der Waals surface area contributed by atoms with Crippen molar-refractivity contribution in [1.29, 1.82) is 0 Å². The molecule has 8 aromatic carbocycles. The molecule has 20 rings (SSSR count). The normalized spacial score (nSPS) is 17.0. The lowest BCUT2D eigenvalue weighted by Gasteiger charge is -2.36. The summed E-state index contributed by atoms with van der Waals surface area (Å²) in [5.74, 6) is -5.89. The molecule has 12 heterocycles. The van der Waals surface area contributed by atoms with Gasteiger partial charge in [0, 0.05) is 114 Å². The fourth-order valence-electron chi connectivity index (χ4n) is 20.8. The molecule has 0 radical (unpaired) electrons. The smallest absolute Gasteiger partial charge is 0.358 e. The van der Waals surface area contributed by atoms with Crippen molar-refractivity contribution in [2.75, 3.05) is 122 Å². The summed E-state index contributed by atoms with van der Waals surface area (Å²) in [5, 5.41) is 21.9. The predicted molar refractivity (Wildman–Crippen MR) is 559 cm³/mol. The van der Waals surface area contributed by atoms with Gasteiger partial charge in [0.2, 0.25) is 23.6 Å². The number of carboxylic acids is 1. The Hall–Kier alpha value is -15.1. The highest BCUT2D eigenvalue weighted by Crippen LogP contribution is 2.42. The first kappa shape index (κ1) is 102. The van der Waals surface area contributed by atoms with Crippen molar-refractivity contribution in [3.8, 4) is 33.8 Å². The van der Waals surface area contributed by atoms with Crippen LogP contribution >= 0.6 is 22.7 Å². The van der Waals surface area contributed by atoms with E-state index in [1.54, 1.807) is 0 Å². The lowest BCUT2D eigenvalue weighted by atomic mass is 9.94. The summed E-state index contributed by atoms with van der Waals surface area (Å²) in [7, 11) is 0. The molecule has 4 aromatic heterocycles. The van der Waals surface area contributed by atoms with Crippen LogP contribution in [0.25, 0.3) is 42.7 Å². The second-order valence-corrected chi connectivity index (χ2v) is 41.5. The molecule has 8 aliphatic heterocycles. The molecular weight excluding hydrogens is 1930 g/mol. The van der Waals surface area contributed by atoms with Crippen molar-refractivity contribution in [3.63, 3.8) is 0 Å². The zero-order chi connectivity index (χ0) is 103. The molecule has 148 heavy (non-hydrogen) atoms. The van der Waals surface area contributed by atoms with E-state index in [0.717, 1.165) is 196 Å². The van der Waals surface area contributed by atoms with E-state index < -0.39 is 88.5 Å². The second kappa shape index (κ2) is 44.3. The maximum Gasteiger partial charge on any atom is 0.358 e. The molecular formula is C112H114F2N16O16S2. The molecule has 764 valence electrons. The van der Waals surface area contributed by atoms with E-state index in [1.807, 2.05) is 189 Å². The van der Waals surface area contributed by atoms with Gasteiger partial charge in [0.15, 0.2) is 21.7 Å². The standard InChI is InChI=1S/C58H61FN8O8S.C54H53FN8O8S/c1-35-37(38-20-22-49(61-51(38)56(73)75-58(2,3)4)66-26-24-36-14-12-16-39(42(36)34-66)52(69)63-57-60-44-17-8-9-19-48(44)76-57)15-13-18-47(35)74-31-11-7-5-6-10-25-64-27-29-65(30-28-64)46-33-41-40(32-43(46)59)54(71)67(55(41)72)45-21-23-50(68)62-53(45)70;1-32-34(35-17-19-46(57-48(35)53(69)70)62-23-21-33-11-9-13-36(39(33)31-62)49(65)59-54-56-41-14-5-6-16-45(41)72-54)12-10-15-44(32)71-28-8-4-2-3-7-22-60-24-26-61(27-25-60)43-30-38-37(29-40(43)55)51(67)63(52(38)68)42-18-20-47(64)58-50(42)66/h8-9,12-20,22,32-33,45H,5-7,10-11,21,23-31,34H2,1-4H3,(H,60,63,69)(H,62,68,70);5-6,9-17,19,29-30,42H,2-4,7-8,18,20-28,31H2,1H3,(H,69,70)(H,56,59,65)(H,58,64,66). The number of nitrogens with zero attached hydrogens (tertiary/aromatic N) is 12. The third-order valence-corrected chi connectivity index (χ3v) is 30.5. The number of carbonyl (C=O) groups is 12. The molecule has 2 unspecified atom stereocenters. The second-order valence-electron chi connectivity index (χ2n) is 39.4. The molecule has 5 N–H and O–H groups in total. The summed E-state index contributed by atoms with van der Waals surface area (Å²) in [4.78, 5) is 188. The summed E-state index contributed by atoms with van der Waals surface area (Å²) in [6.07, 6.45) is 11.4. The van der Waals surface area contributed by atoms with Gasteiger partial charge in [0.1, 0.15) is 52.5 Å². The summed E-state index contributed by atoms with van der Waals surface area (Å²) in [6, 6.07) is 48.9. The van der Waals surface area contributed by atoms with E-state index in [4.69, 9.17) is 24.2 Å². The number of nitrogens with one attached hydrogen (secondary N) is 4. The van der Waals surface area contributed by atoms with Crippen LogP contribution in [0.15, 0.2) is 170 Å². The highest BCUT2D eigenvalue weighted by molar-refractivity contribution is 7.22. The number of para-hydroxylation sites is 2. The van der Waals surface area contributed by atoms with Gasteiger partial charge in [-0.15, -0.1) is 0 Å². The number of carboxylic acid groups (broad SMARTS) is 1. The lowest BCUT2D eigenvalue weighted by molar-refractivity contribution is -0.137. The van der Waals surface area contributed by atoms with E-state index in [0.29, 0.717) is 128 Å². The van der Waals surface area contributed by atoms with Crippen LogP contribution in [0.2, 0.25) is 0 Å². The molecule has 4 fully saturated rings. The van der Waals surface area contributed by atoms with Crippen LogP contribution in [0, 0.1) is 25.5 Å². The number of piperazine rings is 2. The number of thiazole rings is 2. The minimum Gasteiger partial charge on any atom is -0.493 e. The van der Waals surface area contributed by atoms with Gasteiger partial charge in [-0.3, -0.25) is 88.8 Å². The van der Waals surface area contributed by atoms with Crippen LogP contribution in [0.1, 0.15) is 227 Å². The molecule has 0 saturated carbocycles. The molecule has 32 nitrogen and oxygen atoms in total. The third-order valence-electron chi connectivity index (χ3n) is 28.6. The SMILES string of the molecule is Cc1c(OCCCCCCCN2CCN(c3cc4c(cc3F)C(=O)N(C3CCC(=O)NC3=O)C4=O)CC2)cccc1-c1ccc(N2CCc3cccc(C(=O)Nc4nc5ccccc5s4)c3C2)nc1C(=O)O.Cc1c(OCCCCCCCN2CCN(c3cc4c(cc3F)C(=O)N(C3CCC(=O)NC3=O)C4=O)CC2)cccc1-c1ccc(N2CCc3cccc(C(=O)Nc4nc5ccccc5s4)c3C2)nc1C(=O)OC(C)(C)C. The molecule has 4 saturated heterocycles. The van der Waals surface area contributed by atoms with Gasteiger partial charge in [-0.05, 0) is 241 Å². The molecule has 0 spiro atoms. The summed E-state index contributed by atoms with van der Waals surface area (Å²) in [5.41, 5.74) is 11.0. The quantitative estimate of drug-likeness (QED) is 0.0148. The number of rotatable bonds is 32. The van der Waals surface area contributed by atoms with Crippen LogP contribution in [0.5, 0.6) is 11.5 Å². The Morgan fingerprint density at radius 1 is 0.426 bits per heavy atom. The largest absolute Gasteiger partial charge is 0.493 e. The maximum atomic E-state index is 15.5. The number of carbonyl (C=O) groups excluding carboxylic acids is 11. The minimum atomic E-state index is -1.14. The number of hydrogen-bond donors (Lipinski definition) is 5. The summed E-state index contributed by atoms with van der Waals surface area (Å²) < 4.78 is 51.4. The number of esters is 1. The summed E-state index contributed by atoms with van der Waals surface area (Å²) >= 11 is 2.86. The average molecular weight is 2040 g/mol. The van der Waals surface area contributed by atoms with Crippen LogP contribution in [0.3, 0.4) is 0 Å². The van der Waals surface area contributed by atoms with E-state index in [9.17, 15) is 62.6 Å². The Labute approximate surface area is 861 Å². The van der Waals surface area contributed by atoms with Crippen molar-refractivity contribution < 1.29 is 85.6 Å². The Morgan fingerprint density at radius 3 is 1.24 bits per heavy atom. The Morgan fingerprint density at radius 2 is 0.824 bits per heavy atom. The number of aromatic nitrogens is 4. The highest BCUT2D eigenvalue weighted by atomic mass is 32.1. The van der Waals surface area contributed by atoms with Crippen molar-refractivity contribution in [1.82, 2.24) is 50.2 Å². The zero-order valence-corrected chi connectivity index (χ0v) is 84.6. The van der Waals surface area contributed by atoms with E-state index in [-0.39, 0.29) is 82.5 Å². The van der Waals surface area contributed by atoms with Crippen LogP contribution < -0.4 is 50.3 Å². The van der Waals surface area contributed by atoms with E-state index in [2.05, 4.69) is 52.0 Å². The summed E-state index contributed by atoms with van der Waals surface area (Å²) in [6.45, 7) is 19.5. The molecule has 36 heteroatoms. The number of aromatic carboxylic acids is 1. The molecule has 10 amide bonds. The maximum absolute atomic E-state index is 15.5. The van der Waals surface area contributed by atoms with Gasteiger partial charge < -0.3 is 38.9 Å². The van der Waals surface area contributed by atoms with Gasteiger partial charge in [-0.1, -0.05) is 134 Å². The first-order valence-electron chi connectivity index (χ1n) is 50.6. The van der Waals surface area contributed by atoms with Gasteiger partial charge >= 0.3 is 11.9 Å². The first-order valence-corrected chi connectivity index (χ1v) is 52.2. The van der Waals surface area contributed by atoms with Gasteiger partial charge in [-0.25, -0.2) is 38.3 Å². The molecule has 0 aliphatic carbocycles. The Kier molecular flexibility index (Phi) is 30.4. The van der Waals surface area contributed by atoms with Gasteiger partial charge in [-0.2, -0.15) is 0 Å². The number of ether oxygens (including phenoxy) is 3. The fourth-order valence-corrected chi connectivity index (χ4v) is 22.5. The number of imide groups is 4. The minimum absolute atomic E-state index is 0.00891. The number of pyridine rings is 2. The number of halogens is 2. The predicted octanol–water partition coefficient (Wildman–Crippen LogP) is 17.0. The number of amides is 10. The monoisotopic (exact) mass is 2040 g/mol. The van der Waals surface area contributed by atoms with Crippen LogP contribution in [-0.4, -0.2) is 225 Å².